The van der Waals surface area contributed by atoms with Gasteiger partial charge in [-0.1, -0.05) is 6.92 Å². The number of hydrogen-bond donors (Lipinski definition) is 1. The molecule has 3 nitrogen and oxygen atoms in total. The van der Waals surface area contributed by atoms with Gasteiger partial charge in [-0.05, 0) is 41.4 Å². The molecule has 5 heteroatoms. The molecule has 1 atom stereocenters. The molecule has 0 aliphatic heterocycles. The number of benzene rings is 1. The second-order valence-corrected chi connectivity index (χ2v) is 4.88. The van der Waals surface area contributed by atoms with Crippen LogP contribution in [0, 0.1) is 5.82 Å². The molecule has 2 N–H and O–H groups in total. The highest BCUT2D eigenvalue weighted by molar-refractivity contribution is 9.10. The second kappa shape index (κ2) is 5.49. The van der Waals surface area contributed by atoms with Crippen LogP contribution in [0.1, 0.15) is 30.6 Å². The van der Waals surface area contributed by atoms with E-state index < -0.39 is 5.82 Å². The maximum absolute atomic E-state index is 13.2. The molecule has 1 amide bonds. The molecule has 0 spiro atoms. The number of amides is 1. The van der Waals surface area contributed by atoms with Gasteiger partial charge in [-0.15, -0.1) is 0 Å². The number of carbonyl (C=O) groups excluding carboxylic acids is 1. The Morgan fingerprint density at radius 1 is 1.59 bits per heavy atom. The Morgan fingerprint density at radius 3 is 2.71 bits per heavy atom. The summed E-state index contributed by atoms with van der Waals surface area (Å²) in [5, 5.41) is 0. The molecule has 0 fully saturated rings. The highest BCUT2D eigenvalue weighted by Crippen LogP contribution is 2.24. The molecule has 0 aliphatic rings. The van der Waals surface area contributed by atoms with E-state index in [1.165, 1.54) is 12.1 Å². The lowest BCUT2D eigenvalue weighted by Crippen LogP contribution is -2.34. The Morgan fingerprint density at radius 2 is 2.18 bits per heavy atom. The van der Waals surface area contributed by atoms with Gasteiger partial charge in [0.2, 0.25) is 0 Å². The van der Waals surface area contributed by atoms with Crippen molar-refractivity contribution < 1.29 is 9.18 Å². The minimum absolute atomic E-state index is 0.0194. The molecule has 0 heterocycles. The maximum Gasteiger partial charge on any atom is 0.255 e. The molecule has 0 aliphatic carbocycles. The largest absolute Gasteiger partial charge is 0.396 e. The molecular weight excluding hydrogens is 287 g/mol. The Balaban J connectivity index is 3.08. The van der Waals surface area contributed by atoms with Gasteiger partial charge in [-0.25, -0.2) is 4.39 Å². The zero-order chi connectivity index (χ0) is 13.2. The lowest BCUT2D eigenvalue weighted by molar-refractivity contribution is 0.0739. The summed E-state index contributed by atoms with van der Waals surface area (Å²) in [6.07, 6.45) is 0.858. The third-order valence-corrected chi connectivity index (χ3v) is 3.55. The monoisotopic (exact) mass is 302 g/mol. The maximum atomic E-state index is 13.2. The summed E-state index contributed by atoms with van der Waals surface area (Å²) in [5.74, 6) is -0.697. The predicted octanol–water partition coefficient (Wildman–Crippen LogP) is 3.04. The summed E-state index contributed by atoms with van der Waals surface area (Å²) in [4.78, 5) is 13.8. The van der Waals surface area contributed by atoms with Gasteiger partial charge in [-0.3, -0.25) is 4.79 Å². The minimum Gasteiger partial charge on any atom is -0.396 e. The van der Waals surface area contributed by atoms with E-state index in [1.54, 1.807) is 11.9 Å². The zero-order valence-electron chi connectivity index (χ0n) is 10.1. The molecule has 17 heavy (non-hydrogen) atoms. The summed E-state index contributed by atoms with van der Waals surface area (Å²) in [6, 6.07) is 2.70. The van der Waals surface area contributed by atoms with Crippen molar-refractivity contribution in [1.82, 2.24) is 4.90 Å². The van der Waals surface area contributed by atoms with Crippen LogP contribution in [0.15, 0.2) is 16.6 Å². The highest BCUT2D eigenvalue weighted by atomic mass is 79.9. The number of nitrogens with two attached hydrogens (primary N) is 1. The van der Waals surface area contributed by atoms with Crippen LogP contribution in [0.4, 0.5) is 10.1 Å². The predicted molar refractivity (Wildman–Crippen MR) is 70.4 cm³/mol. The fourth-order valence-corrected chi connectivity index (χ4v) is 1.88. The van der Waals surface area contributed by atoms with E-state index in [2.05, 4.69) is 15.9 Å². The number of nitrogens with zero attached hydrogens (tertiary/aromatic N) is 1. The van der Waals surface area contributed by atoms with Crippen LogP contribution >= 0.6 is 15.9 Å². The average Bonchev–Trinajstić information content (AvgIpc) is 2.31. The third-order valence-electron chi connectivity index (χ3n) is 2.89. The minimum atomic E-state index is -0.528. The summed E-state index contributed by atoms with van der Waals surface area (Å²) in [7, 11) is 1.72. The normalized spacial score (nSPS) is 12.3. The Hall–Kier alpha value is -1.10. The quantitative estimate of drug-likeness (QED) is 0.872. The van der Waals surface area contributed by atoms with Gasteiger partial charge in [0.15, 0.2) is 0 Å². The van der Waals surface area contributed by atoms with E-state index >= 15 is 0 Å². The summed E-state index contributed by atoms with van der Waals surface area (Å²) < 4.78 is 13.6. The molecule has 0 bridgehead atoms. The molecule has 94 valence electrons. The van der Waals surface area contributed by atoms with Crippen molar-refractivity contribution in [3.63, 3.8) is 0 Å². The van der Waals surface area contributed by atoms with Crippen LogP contribution < -0.4 is 5.73 Å². The van der Waals surface area contributed by atoms with Crippen molar-refractivity contribution in [2.75, 3.05) is 12.8 Å². The molecule has 1 unspecified atom stereocenters. The van der Waals surface area contributed by atoms with Crippen molar-refractivity contribution in [3.05, 3.63) is 28.0 Å². The van der Waals surface area contributed by atoms with Crippen molar-refractivity contribution in [2.45, 2.75) is 26.3 Å². The third kappa shape index (κ3) is 2.97. The number of halogens is 2. The van der Waals surface area contributed by atoms with Crippen molar-refractivity contribution in [3.8, 4) is 0 Å². The number of rotatable bonds is 3. The van der Waals surface area contributed by atoms with Crippen molar-refractivity contribution >= 4 is 27.5 Å². The first-order valence-corrected chi connectivity index (χ1v) is 6.19. The Bertz CT molecular complexity index is 437. The highest BCUT2D eigenvalue weighted by Gasteiger charge is 2.19. The van der Waals surface area contributed by atoms with Gasteiger partial charge >= 0.3 is 0 Å². The molecule has 0 aromatic heterocycles. The molecule has 1 aromatic rings. The molecular formula is C12H16BrFN2O. The topological polar surface area (TPSA) is 46.3 Å². The van der Waals surface area contributed by atoms with Gasteiger partial charge in [0, 0.05) is 17.6 Å². The van der Waals surface area contributed by atoms with Crippen LogP contribution in [-0.4, -0.2) is 23.9 Å². The van der Waals surface area contributed by atoms with Crippen LogP contribution in [0.2, 0.25) is 0 Å². The molecule has 0 radical (unpaired) electrons. The van der Waals surface area contributed by atoms with E-state index in [-0.39, 0.29) is 17.6 Å². The first kappa shape index (κ1) is 14.0. The lowest BCUT2D eigenvalue weighted by atomic mass is 10.1. The number of nitrogen functional groups attached to an aromatic ring is 1. The molecule has 0 saturated heterocycles. The SMILES string of the molecule is CCC(C)N(C)C(=O)c1cc(N)c(F)cc1Br. The van der Waals surface area contributed by atoms with Crippen LogP contribution in [0.25, 0.3) is 0 Å². The van der Waals surface area contributed by atoms with E-state index in [0.717, 1.165) is 6.42 Å². The lowest BCUT2D eigenvalue weighted by Gasteiger charge is -2.24. The zero-order valence-corrected chi connectivity index (χ0v) is 11.7. The first-order chi connectivity index (χ1) is 7.88. The number of hydrogen-bond acceptors (Lipinski definition) is 2. The summed E-state index contributed by atoms with van der Waals surface area (Å²) in [5.41, 5.74) is 5.83. The van der Waals surface area contributed by atoms with Crippen LogP contribution in [0.3, 0.4) is 0 Å². The van der Waals surface area contributed by atoms with Crippen LogP contribution in [-0.2, 0) is 0 Å². The molecule has 1 rings (SSSR count). The van der Waals surface area contributed by atoms with E-state index in [1.807, 2.05) is 13.8 Å². The van der Waals surface area contributed by atoms with Gasteiger partial charge in [0.05, 0.1) is 11.3 Å². The number of carbonyl (C=O) groups is 1. The van der Waals surface area contributed by atoms with Gasteiger partial charge < -0.3 is 10.6 Å². The van der Waals surface area contributed by atoms with Gasteiger partial charge in [0.1, 0.15) is 5.82 Å². The van der Waals surface area contributed by atoms with Crippen molar-refractivity contribution in [2.24, 2.45) is 0 Å². The fourth-order valence-electron chi connectivity index (χ4n) is 1.39. The van der Waals surface area contributed by atoms with Crippen LogP contribution in [0.5, 0.6) is 0 Å². The van der Waals surface area contributed by atoms with E-state index in [4.69, 9.17) is 5.73 Å². The molecule has 1 aromatic carbocycles. The smallest absolute Gasteiger partial charge is 0.255 e. The van der Waals surface area contributed by atoms with E-state index in [0.29, 0.717) is 10.0 Å². The molecule has 0 saturated carbocycles. The second-order valence-electron chi connectivity index (χ2n) is 4.03. The van der Waals surface area contributed by atoms with Gasteiger partial charge in [0.25, 0.3) is 5.91 Å². The Kier molecular flexibility index (Phi) is 4.51. The summed E-state index contributed by atoms with van der Waals surface area (Å²) in [6.45, 7) is 3.96. The Labute approximate surface area is 109 Å². The number of anilines is 1. The standard InChI is InChI=1S/C12H16BrFN2O/c1-4-7(2)16(3)12(17)8-5-11(15)10(14)6-9(8)13/h5-7H,4,15H2,1-3H3. The van der Waals surface area contributed by atoms with Crippen molar-refractivity contribution in [1.29, 1.82) is 0 Å². The fraction of sp³-hybridized carbons (Fsp3) is 0.417. The average molecular weight is 303 g/mol. The first-order valence-electron chi connectivity index (χ1n) is 5.40. The van der Waals surface area contributed by atoms with E-state index in [9.17, 15) is 9.18 Å². The summed E-state index contributed by atoms with van der Waals surface area (Å²) >= 11 is 3.18. The van der Waals surface area contributed by atoms with Gasteiger partial charge in [-0.2, -0.15) is 0 Å².